The Morgan fingerprint density at radius 1 is 1.44 bits per heavy atom. The smallest absolute Gasteiger partial charge is 0.170 e. The molecule has 2 heterocycles. The minimum Gasteiger partial charge on any atom is -0.347 e. The Bertz CT molecular complexity index is 420. The minimum atomic E-state index is -0.382. The summed E-state index contributed by atoms with van der Waals surface area (Å²) in [6.07, 6.45) is 2.69. The van der Waals surface area contributed by atoms with Crippen LogP contribution in [0.25, 0.3) is 0 Å². The first-order chi connectivity index (χ1) is 8.67. The van der Waals surface area contributed by atoms with Gasteiger partial charge in [0.2, 0.25) is 0 Å². The van der Waals surface area contributed by atoms with Crippen molar-refractivity contribution in [3.05, 3.63) is 5.82 Å². The van der Waals surface area contributed by atoms with Crippen LogP contribution in [0.15, 0.2) is 4.34 Å². The van der Waals surface area contributed by atoms with E-state index in [0.717, 1.165) is 29.4 Å². The molecule has 2 N–H and O–H groups in total. The number of aromatic nitrogens is 2. The summed E-state index contributed by atoms with van der Waals surface area (Å²) in [5.74, 6) is 0.447. The quantitative estimate of drug-likeness (QED) is 0.890. The van der Waals surface area contributed by atoms with Crippen molar-refractivity contribution in [1.29, 1.82) is 0 Å². The molecule has 2 fully saturated rings. The maximum atomic E-state index is 6.21. The number of hydrogen-bond donors (Lipinski definition) is 1. The van der Waals surface area contributed by atoms with Crippen LogP contribution in [0.5, 0.6) is 0 Å². The minimum absolute atomic E-state index is 0.178. The molecule has 0 amide bonds. The molecule has 0 bridgehead atoms. The summed E-state index contributed by atoms with van der Waals surface area (Å²) in [6, 6.07) is 0.178. The molecule has 5 nitrogen and oxygen atoms in total. The predicted octanol–water partition coefficient (Wildman–Crippen LogP) is 1.56. The van der Waals surface area contributed by atoms with Gasteiger partial charge in [-0.2, -0.15) is 4.37 Å². The molecule has 1 spiro atoms. The second-order valence-electron chi connectivity index (χ2n) is 4.78. The normalized spacial score (nSPS) is 31.0. The maximum Gasteiger partial charge on any atom is 0.170 e. The molecule has 2 atom stereocenters. The van der Waals surface area contributed by atoms with Crippen molar-refractivity contribution >= 4 is 23.3 Å². The highest BCUT2D eigenvalue weighted by Gasteiger charge is 2.44. The van der Waals surface area contributed by atoms with Gasteiger partial charge in [-0.3, -0.25) is 0 Å². The molecule has 1 saturated heterocycles. The van der Waals surface area contributed by atoms with Gasteiger partial charge in [-0.15, -0.1) is 0 Å². The van der Waals surface area contributed by atoms with Crippen molar-refractivity contribution in [1.82, 2.24) is 9.36 Å². The summed E-state index contributed by atoms with van der Waals surface area (Å²) in [6.45, 7) is 3.31. The molecular weight excluding hydrogens is 270 g/mol. The summed E-state index contributed by atoms with van der Waals surface area (Å²) in [5.41, 5.74) is 6.21. The van der Waals surface area contributed by atoms with Gasteiger partial charge >= 0.3 is 0 Å². The molecule has 7 heteroatoms. The van der Waals surface area contributed by atoms with Gasteiger partial charge in [0.05, 0.1) is 13.2 Å². The highest BCUT2D eigenvalue weighted by molar-refractivity contribution is 8.01. The maximum absolute atomic E-state index is 6.21. The van der Waals surface area contributed by atoms with Crippen LogP contribution in [0.2, 0.25) is 0 Å². The highest BCUT2D eigenvalue weighted by Crippen LogP contribution is 2.42. The SMILES string of the molecule is Cc1nsc(SC2CC3(CCC2N)OCCO3)n1. The number of ether oxygens (including phenoxy) is 2. The standard InChI is InChI=1S/C11H17N3O2S2/c1-7-13-10(18-14-7)17-9-6-11(3-2-8(9)12)15-4-5-16-11/h8-9H,2-6,12H2,1H3. The molecule has 1 aromatic heterocycles. The number of nitrogens with zero attached hydrogens (tertiary/aromatic N) is 2. The van der Waals surface area contributed by atoms with E-state index in [1.54, 1.807) is 11.8 Å². The molecule has 100 valence electrons. The van der Waals surface area contributed by atoms with Crippen molar-refractivity contribution in [2.45, 2.75) is 47.6 Å². The Hall–Kier alpha value is -0.210. The largest absolute Gasteiger partial charge is 0.347 e. The van der Waals surface area contributed by atoms with Crippen LogP contribution >= 0.6 is 23.3 Å². The Balaban J connectivity index is 1.69. The summed E-state index contributed by atoms with van der Waals surface area (Å²) >= 11 is 3.16. The molecule has 1 aromatic rings. The predicted molar refractivity (Wildman–Crippen MR) is 70.8 cm³/mol. The first-order valence-corrected chi connectivity index (χ1v) is 7.83. The lowest BCUT2D eigenvalue weighted by Gasteiger charge is -2.38. The van der Waals surface area contributed by atoms with Crippen molar-refractivity contribution in [3.8, 4) is 0 Å². The second-order valence-corrected chi connectivity index (χ2v) is 7.02. The lowest BCUT2D eigenvalue weighted by molar-refractivity contribution is -0.176. The molecule has 0 radical (unpaired) electrons. The third-order valence-corrected chi connectivity index (χ3v) is 5.65. The van der Waals surface area contributed by atoms with Gasteiger partial charge < -0.3 is 15.2 Å². The number of hydrogen-bond acceptors (Lipinski definition) is 7. The van der Waals surface area contributed by atoms with Gasteiger partial charge in [0.25, 0.3) is 0 Å². The molecule has 0 aromatic carbocycles. The first kappa shape index (κ1) is 12.8. The van der Waals surface area contributed by atoms with Gasteiger partial charge in [0, 0.05) is 24.1 Å². The fourth-order valence-electron chi connectivity index (χ4n) is 2.48. The van der Waals surface area contributed by atoms with E-state index in [1.807, 2.05) is 6.92 Å². The molecule has 1 aliphatic carbocycles. The van der Waals surface area contributed by atoms with E-state index >= 15 is 0 Å². The van der Waals surface area contributed by atoms with Gasteiger partial charge in [0.15, 0.2) is 10.1 Å². The van der Waals surface area contributed by atoms with E-state index in [1.165, 1.54) is 11.5 Å². The number of nitrogens with two attached hydrogens (primary N) is 1. The summed E-state index contributed by atoms with van der Waals surface area (Å²) in [7, 11) is 0. The topological polar surface area (TPSA) is 70.3 Å². The summed E-state index contributed by atoms with van der Waals surface area (Å²) in [5, 5.41) is 0.296. The van der Waals surface area contributed by atoms with Crippen LogP contribution in [0, 0.1) is 6.92 Å². The molecule has 3 rings (SSSR count). The van der Waals surface area contributed by atoms with Gasteiger partial charge in [-0.25, -0.2) is 4.98 Å². The van der Waals surface area contributed by atoms with Gasteiger partial charge in [-0.1, -0.05) is 11.8 Å². The van der Waals surface area contributed by atoms with E-state index in [9.17, 15) is 0 Å². The van der Waals surface area contributed by atoms with Crippen molar-refractivity contribution in [2.75, 3.05) is 13.2 Å². The molecular formula is C11H17N3O2S2. The lowest BCUT2D eigenvalue weighted by atomic mass is 9.90. The van der Waals surface area contributed by atoms with E-state index in [2.05, 4.69) is 9.36 Å². The zero-order valence-electron chi connectivity index (χ0n) is 10.3. The zero-order chi connectivity index (χ0) is 12.6. The second kappa shape index (κ2) is 5.05. The summed E-state index contributed by atoms with van der Waals surface area (Å²) < 4.78 is 16.7. The lowest BCUT2D eigenvalue weighted by Crippen LogP contribution is -2.47. The molecule has 18 heavy (non-hydrogen) atoms. The third kappa shape index (κ3) is 2.55. The average molecular weight is 287 g/mol. The van der Waals surface area contributed by atoms with E-state index in [0.29, 0.717) is 18.5 Å². The van der Waals surface area contributed by atoms with Gasteiger partial charge in [0.1, 0.15) is 5.82 Å². The number of thioether (sulfide) groups is 1. The Morgan fingerprint density at radius 2 is 2.22 bits per heavy atom. The summed E-state index contributed by atoms with van der Waals surface area (Å²) in [4.78, 5) is 4.39. The van der Waals surface area contributed by atoms with E-state index < -0.39 is 0 Å². The van der Waals surface area contributed by atoms with E-state index in [-0.39, 0.29) is 11.8 Å². The number of rotatable bonds is 2. The van der Waals surface area contributed by atoms with Crippen LogP contribution < -0.4 is 5.73 Å². The van der Waals surface area contributed by atoms with Crippen molar-refractivity contribution < 1.29 is 9.47 Å². The van der Waals surface area contributed by atoms with E-state index in [4.69, 9.17) is 15.2 Å². The molecule has 2 unspecified atom stereocenters. The van der Waals surface area contributed by atoms with Crippen LogP contribution in [-0.2, 0) is 9.47 Å². The van der Waals surface area contributed by atoms with Crippen LogP contribution in [0.3, 0.4) is 0 Å². The Labute approximate surface area is 115 Å². The highest BCUT2D eigenvalue weighted by atomic mass is 32.2. The third-order valence-electron chi connectivity index (χ3n) is 3.42. The van der Waals surface area contributed by atoms with Crippen molar-refractivity contribution in [3.63, 3.8) is 0 Å². The monoisotopic (exact) mass is 287 g/mol. The first-order valence-electron chi connectivity index (χ1n) is 6.17. The molecule has 1 aliphatic heterocycles. The molecule has 1 saturated carbocycles. The zero-order valence-corrected chi connectivity index (χ0v) is 11.9. The fraction of sp³-hybridized carbons (Fsp3) is 0.818. The van der Waals surface area contributed by atoms with Crippen LogP contribution in [-0.4, -0.2) is 39.7 Å². The molecule has 2 aliphatic rings. The number of aryl methyl sites for hydroxylation is 1. The van der Waals surface area contributed by atoms with Crippen LogP contribution in [0.1, 0.15) is 25.1 Å². The Morgan fingerprint density at radius 3 is 2.89 bits per heavy atom. The van der Waals surface area contributed by atoms with Gasteiger partial charge in [-0.05, 0) is 24.9 Å². The Kier molecular flexibility index (Phi) is 3.59. The fourth-order valence-corrected chi connectivity index (χ4v) is 4.65. The van der Waals surface area contributed by atoms with Crippen molar-refractivity contribution in [2.24, 2.45) is 5.73 Å². The van der Waals surface area contributed by atoms with Crippen LogP contribution in [0.4, 0.5) is 0 Å². The average Bonchev–Trinajstić information content (AvgIpc) is 2.95.